The third-order valence-electron chi connectivity index (χ3n) is 5.12. The molecule has 0 aliphatic rings. The molecule has 0 unspecified atom stereocenters. The second-order valence-corrected chi connectivity index (χ2v) is 7.56. The molecule has 0 fully saturated rings. The number of ether oxygens (including phenoxy) is 1. The van der Waals surface area contributed by atoms with E-state index in [1.54, 1.807) is 12.3 Å². The lowest BCUT2D eigenvalue weighted by Crippen LogP contribution is -2.18. The molecule has 4 aromatic rings. The maximum absolute atomic E-state index is 5.92. The normalized spacial score (nSPS) is 11.4. The standard InChI is InChI=1S/C24H23N3O2/c1-17-4-6-18(7-5-17)24(2,3)19-8-10-21(11-9-19)28-16-20-12-14-25-23(26-20)22-13-15-29-27-22/h4-15H,16H2,1-3H3. The maximum Gasteiger partial charge on any atom is 0.182 e. The van der Waals surface area contributed by atoms with Crippen LogP contribution in [0.2, 0.25) is 0 Å². The van der Waals surface area contributed by atoms with Gasteiger partial charge in [-0.15, -0.1) is 0 Å². The summed E-state index contributed by atoms with van der Waals surface area (Å²) in [6.45, 7) is 6.93. The molecule has 5 heteroatoms. The van der Waals surface area contributed by atoms with Crippen LogP contribution in [-0.2, 0) is 12.0 Å². The van der Waals surface area contributed by atoms with Crippen molar-refractivity contribution in [1.82, 2.24) is 15.1 Å². The topological polar surface area (TPSA) is 61.0 Å². The Kier molecular flexibility index (Phi) is 5.12. The zero-order valence-electron chi connectivity index (χ0n) is 16.8. The van der Waals surface area contributed by atoms with Crippen molar-refractivity contribution < 1.29 is 9.26 Å². The summed E-state index contributed by atoms with van der Waals surface area (Å²) in [5.41, 5.74) is 5.11. The fourth-order valence-corrected chi connectivity index (χ4v) is 3.19. The molecule has 29 heavy (non-hydrogen) atoms. The molecule has 146 valence electrons. The highest BCUT2D eigenvalue weighted by Crippen LogP contribution is 2.32. The molecule has 0 aliphatic heterocycles. The van der Waals surface area contributed by atoms with Crippen LogP contribution in [0.4, 0.5) is 0 Å². The summed E-state index contributed by atoms with van der Waals surface area (Å²) in [6.07, 6.45) is 3.20. The largest absolute Gasteiger partial charge is 0.487 e. The summed E-state index contributed by atoms with van der Waals surface area (Å²) in [4.78, 5) is 8.70. The van der Waals surface area contributed by atoms with Gasteiger partial charge in [-0.1, -0.05) is 61.0 Å². The predicted molar refractivity (Wildman–Crippen MR) is 112 cm³/mol. The zero-order chi connectivity index (χ0) is 20.3. The molecule has 0 radical (unpaired) electrons. The summed E-state index contributed by atoms with van der Waals surface area (Å²) in [5, 5.41) is 3.87. The van der Waals surface area contributed by atoms with Crippen molar-refractivity contribution >= 4 is 0 Å². The second kappa shape index (κ2) is 7.87. The lowest BCUT2D eigenvalue weighted by atomic mass is 9.78. The van der Waals surface area contributed by atoms with Crippen molar-refractivity contribution in [2.75, 3.05) is 0 Å². The average Bonchev–Trinajstić information content (AvgIpc) is 3.28. The van der Waals surface area contributed by atoms with Gasteiger partial charge in [0.25, 0.3) is 0 Å². The second-order valence-electron chi connectivity index (χ2n) is 7.56. The highest BCUT2D eigenvalue weighted by Gasteiger charge is 2.22. The number of aryl methyl sites for hydroxylation is 1. The molecule has 0 amide bonds. The Hall–Kier alpha value is -3.47. The van der Waals surface area contributed by atoms with E-state index in [9.17, 15) is 0 Å². The Morgan fingerprint density at radius 2 is 1.59 bits per heavy atom. The van der Waals surface area contributed by atoms with Crippen molar-refractivity contribution in [1.29, 1.82) is 0 Å². The minimum Gasteiger partial charge on any atom is -0.487 e. The quantitative estimate of drug-likeness (QED) is 0.448. The molecule has 0 aliphatic carbocycles. The van der Waals surface area contributed by atoms with Gasteiger partial charge in [-0.05, 0) is 36.2 Å². The zero-order valence-corrected chi connectivity index (χ0v) is 16.8. The Labute approximate surface area is 170 Å². The van der Waals surface area contributed by atoms with Gasteiger partial charge in [0.05, 0.1) is 5.69 Å². The van der Waals surface area contributed by atoms with Crippen molar-refractivity contribution in [3.05, 3.63) is 95.5 Å². The molecular weight excluding hydrogens is 362 g/mol. The molecule has 0 N–H and O–H groups in total. The number of rotatable bonds is 6. The smallest absolute Gasteiger partial charge is 0.182 e. The summed E-state index contributed by atoms with van der Waals surface area (Å²) in [5.74, 6) is 1.32. The van der Waals surface area contributed by atoms with Crippen LogP contribution >= 0.6 is 0 Å². The lowest BCUT2D eigenvalue weighted by molar-refractivity contribution is 0.301. The van der Waals surface area contributed by atoms with Crippen LogP contribution in [0, 0.1) is 6.92 Å². The van der Waals surface area contributed by atoms with Crippen molar-refractivity contribution in [3.63, 3.8) is 0 Å². The maximum atomic E-state index is 5.92. The monoisotopic (exact) mass is 385 g/mol. The highest BCUT2D eigenvalue weighted by molar-refractivity contribution is 5.47. The predicted octanol–water partition coefficient (Wildman–Crippen LogP) is 5.34. The Morgan fingerprint density at radius 3 is 2.24 bits per heavy atom. The first-order valence-corrected chi connectivity index (χ1v) is 9.55. The molecule has 2 aromatic carbocycles. The number of hydrogen-bond acceptors (Lipinski definition) is 5. The Bertz CT molecular complexity index is 1070. The van der Waals surface area contributed by atoms with Crippen LogP contribution in [0.1, 0.15) is 36.2 Å². The van der Waals surface area contributed by atoms with E-state index in [1.807, 2.05) is 18.2 Å². The van der Waals surface area contributed by atoms with Crippen molar-refractivity contribution in [3.8, 4) is 17.3 Å². The van der Waals surface area contributed by atoms with E-state index in [0.717, 1.165) is 11.4 Å². The minimum absolute atomic E-state index is 0.0780. The Morgan fingerprint density at radius 1 is 0.897 bits per heavy atom. The third kappa shape index (κ3) is 4.19. The van der Waals surface area contributed by atoms with E-state index in [-0.39, 0.29) is 5.41 Å². The van der Waals surface area contributed by atoms with Gasteiger partial charge in [0, 0.05) is 17.7 Å². The van der Waals surface area contributed by atoms with Crippen LogP contribution < -0.4 is 4.74 Å². The van der Waals surface area contributed by atoms with Crippen LogP contribution in [0.15, 0.2) is 77.6 Å². The van der Waals surface area contributed by atoms with Gasteiger partial charge in [-0.25, -0.2) is 9.97 Å². The van der Waals surface area contributed by atoms with E-state index in [0.29, 0.717) is 18.1 Å². The van der Waals surface area contributed by atoms with Gasteiger partial charge in [0.2, 0.25) is 0 Å². The van der Waals surface area contributed by atoms with Crippen LogP contribution in [0.3, 0.4) is 0 Å². The number of nitrogens with zero attached hydrogens (tertiary/aromatic N) is 3. The average molecular weight is 385 g/mol. The fraction of sp³-hybridized carbons (Fsp3) is 0.208. The molecule has 0 saturated heterocycles. The third-order valence-corrected chi connectivity index (χ3v) is 5.12. The first kappa shape index (κ1) is 18.9. The summed E-state index contributed by atoms with van der Waals surface area (Å²) in [7, 11) is 0. The van der Waals surface area contributed by atoms with E-state index >= 15 is 0 Å². The Balaban J connectivity index is 1.45. The molecule has 0 saturated carbocycles. The van der Waals surface area contributed by atoms with Crippen LogP contribution in [-0.4, -0.2) is 15.1 Å². The van der Waals surface area contributed by atoms with E-state index in [2.05, 4.69) is 72.3 Å². The number of aromatic nitrogens is 3. The van der Waals surface area contributed by atoms with Gasteiger partial charge < -0.3 is 9.26 Å². The van der Waals surface area contributed by atoms with Crippen molar-refractivity contribution in [2.24, 2.45) is 0 Å². The first-order chi connectivity index (χ1) is 14.0. The molecule has 0 bridgehead atoms. The summed E-state index contributed by atoms with van der Waals surface area (Å²) >= 11 is 0. The lowest BCUT2D eigenvalue weighted by Gasteiger charge is -2.26. The molecule has 0 atom stereocenters. The number of benzene rings is 2. The van der Waals surface area contributed by atoms with Crippen LogP contribution in [0.5, 0.6) is 5.75 Å². The molecular formula is C24H23N3O2. The minimum atomic E-state index is -0.0780. The van der Waals surface area contributed by atoms with E-state index < -0.39 is 0 Å². The van der Waals surface area contributed by atoms with Gasteiger partial charge in [0.15, 0.2) is 11.5 Å². The van der Waals surface area contributed by atoms with Gasteiger partial charge >= 0.3 is 0 Å². The van der Waals surface area contributed by atoms with Gasteiger partial charge in [0.1, 0.15) is 18.6 Å². The molecule has 2 heterocycles. The SMILES string of the molecule is Cc1ccc(C(C)(C)c2ccc(OCc3ccnc(-c4ccon4)n3)cc2)cc1. The van der Waals surface area contributed by atoms with E-state index in [4.69, 9.17) is 9.26 Å². The van der Waals surface area contributed by atoms with Crippen LogP contribution in [0.25, 0.3) is 11.5 Å². The molecule has 2 aromatic heterocycles. The highest BCUT2D eigenvalue weighted by atomic mass is 16.5. The molecule has 4 rings (SSSR count). The van der Waals surface area contributed by atoms with Gasteiger partial charge in [-0.3, -0.25) is 0 Å². The first-order valence-electron chi connectivity index (χ1n) is 9.55. The molecule has 5 nitrogen and oxygen atoms in total. The van der Waals surface area contributed by atoms with Crippen molar-refractivity contribution in [2.45, 2.75) is 32.8 Å². The molecule has 0 spiro atoms. The fourth-order valence-electron chi connectivity index (χ4n) is 3.19. The summed E-state index contributed by atoms with van der Waals surface area (Å²) < 4.78 is 10.8. The van der Waals surface area contributed by atoms with E-state index in [1.165, 1.54) is 23.0 Å². The number of hydrogen-bond donors (Lipinski definition) is 0. The summed E-state index contributed by atoms with van der Waals surface area (Å²) in [6, 6.07) is 20.5. The van der Waals surface area contributed by atoms with Gasteiger partial charge in [-0.2, -0.15) is 0 Å².